The van der Waals surface area contributed by atoms with Gasteiger partial charge in [0.15, 0.2) is 6.20 Å². The third kappa shape index (κ3) is 1.18. The molecule has 0 radical (unpaired) electrons. The molecule has 64 valence electrons. The number of aromatic nitrogens is 1. The number of hydrogen-bond donors (Lipinski definition) is 0. The maximum absolute atomic E-state index is 12.9. The second-order valence-electron chi connectivity index (χ2n) is 2.18. The Morgan fingerprint density at radius 3 is 2.75 bits per heavy atom. The number of nitro groups is 1. The van der Waals surface area contributed by atoms with Crippen LogP contribution in [0.1, 0.15) is 5.69 Å². The molecule has 0 aliphatic carbocycles. The summed E-state index contributed by atoms with van der Waals surface area (Å²) in [5.74, 6) is -1.09. The van der Waals surface area contributed by atoms with Gasteiger partial charge in [-0.1, -0.05) is 0 Å². The van der Waals surface area contributed by atoms with Crippen molar-refractivity contribution in [3.05, 3.63) is 39.1 Å². The van der Waals surface area contributed by atoms with Crippen LogP contribution >= 0.6 is 0 Å². The lowest BCUT2D eigenvalue weighted by Gasteiger charge is -1.99. The van der Waals surface area contributed by atoms with E-state index in [2.05, 4.69) is 0 Å². The van der Waals surface area contributed by atoms with Crippen LogP contribution in [0.2, 0.25) is 0 Å². The van der Waals surface area contributed by atoms with Gasteiger partial charge in [0.2, 0.25) is 5.69 Å². The molecular formula is C6H5FN2O3. The minimum atomic E-state index is -1.09. The Hall–Kier alpha value is -1.72. The van der Waals surface area contributed by atoms with Gasteiger partial charge in [0, 0.05) is 6.92 Å². The van der Waals surface area contributed by atoms with Crippen LogP contribution in [0, 0.1) is 28.1 Å². The zero-order valence-corrected chi connectivity index (χ0v) is 6.15. The van der Waals surface area contributed by atoms with Crippen LogP contribution in [0.4, 0.5) is 10.1 Å². The molecule has 0 amide bonds. The summed E-state index contributed by atoms with van der Waals surface area (Å²) in [7, 11) is 0. The number of pyridine rings is 1. The second kappa shape index (κ2) is 2.72. The average molecular weight is 172 g/mol. The zero-order valence-electron chi connectivity index (χ0n) is 6.15. The van der Waals surface area contributed by atoms with E-state index in [4.69, 9.17) is 0 Å². The third-order valence-corrected chi connectivity index (χ3v) is 1.44. The van der Waals surface area contributed by atoms with E-state index in [-0.39, 0.29) is 10.4 Å². The number of halogens is 1. The number of hydrogen-bond acceptors (Lipinski definition) is 3. The Labute approximate surface area is 66.8 Å². The summed E-state index contributed by atoms with van der Waals surface area (Å²) < 4.78 is 13.1. The molecule has 0 aliphatic rings. The van der Waals surface area contributed by atoms with Gasteiger partial charge in [0.25, 0.3) is 5.82 Å². The highest BCUT2D eigenvalue weighted by Crippen LogP contribution is 2.15. The van der Waals surface area contributed by atoms with E-state index < -0.39 is 16.4 Å². The predicted molar refractivity (Wildman–Crippen MR) is 36.8 cm³/mol. The van der Waals surface area contributed by atoms with Crippen LogP contribution < -0.4 is 4.73 Å². The van der Waals surface area contributed by atoms with Crippen LogP contribution in [0.25, 0.3) is 0 Å². The molecule has 0 atom stereocenters. The highest BCUT2D eigenvalue weighted by Gasteiger charge is 2.21. The smallest absolute Gasteiger partial charge is 0.317 e. The minimum absolute atomic E-state index is 0.238. The van der Waals surface area contributed by atoms with Crippen molar-refractivity contribution in [3.8, 4) is 0 Å². The van der Waals surface area contributed by atoms with E-state index in [0.29, 0.717) is 0 Å². The van der Waals surface area contributed by atoms with Crippen molar-refractivity contribution in [1.29, 1.82) is 0 Å². The molecule has 1 rings (SSSR count). The predicted octanol–water partition coefficient (Wildman–Crippen LogP) is 0.676. The summed E-state index contributed by atoms with van der Waals surface area (Å²) >= 11 is 0. The molecule has 12 heavy (non-hydrogen) atoms. The minimum Gasteiger partial charge on any atom is -0.618 e. The van der Waals surface area contributed by atoms with Crippen LogP contribution in [0.15, 0.2) is 12.3 Å². The highest BCUT2D eigenvalue weighted by atomic mass is 19.1. The fraction of sp³-hybridized carbons (Fsp3) is 0.167. The molecule has 0 aromatic carbocycles. The van der Waals surface area contributed by atoms with Gasteiger partial charge in [-0.2, -0.15) is 9.12 Å². The van der Waals surface area contributed by atoms with Crippen LogP contribution in [-0.4, -0.2) is 4.92 Å². The first-order chi connectivity index (χ1) is 5.54. The summed E-state index contributed by atoms with van der Waals surface area (Å²) in [5.41, 5.74) is -0.983. The molecule has 5 nitrogen and oxygen atoms in total. The van der Waals surface area contributed by atoms with Crippen LogP contribution in [0.5, 0.6) is 0 Å². The Morgan fingerprint density at radius 2 is 2.25 bits per heavy atom. The largest absolute Gasteiger partial charge is 0.618 e. The van der Waals surface area contributed by atoms with Gasteiger partial charge >= 0.3 is 5.69 Å². The molecular weight excluding hydrogens is 167 g/mol. The first-order valence-electron chi connectivity index (χ1n) is 3.06. The number of nitrogens with zero attached hydrogens (tertiary/aromatic N) is 2. The van der Waals surface area contributed by atoms with Crippen molar-refractivity contribution in [1.82, 2.24) is 0 Å². The van der Waals surface area contributed by atoms with Gasteiger partial charge in [0.05, 0.1) is 11.0 Å². The molecule has 6 heteroatoms. The van der Waals surface area contributed by atoms with Crippen molar-refractivity contribution in [2.75, 3.05) is 0 Å². The summed E-state index contributed by atoms with van der Waals surface area (Å²) in [4.78, 5) is 9.27. The Kier molecular flexibility index (Phi) is 1.90. The molecule has 0 aliphatic heterocycles. The van der Waals surface area contributed by atoms with Gasteiger partial charge in [-0.05, 0) is 0 Å². The standard InChI is InChI=1S/C6H5FN2O3/c1-4-6(7)5(9(11)12)2-3-8(4)10/h2-3H,1H3. The average Bonchev–Trinajstić information content (AvgIpc) is 2.00. The van der Waals surface area contributed by atoms with Gasteiger partial charge in [-0.3, -0.25) is 10.1 Å². The Bertz CT molecular complexity index is 340. The maximum Gasteiger partial charge on any atom is 0.317 e. The Morgan fingerprint density at radius 1 is 1.67 bits per heavy atom. The fourth-order valence-electron chi connectivity index (χ4n) is 0.746. The summed E-state index contributed by atoms with van der Waals surface area (Å²) in [6, 6.07) is 0.829. The first-order valence-corrected chi connectivity index (χ1v) is 3.06. The molecule has 1 heterocycles. The number of rotatable bonds is 1. The van der Waals surface area contributed by atoms with E-state index in [1.54, 1.807) is 0 Å². The van der Waals surface area contributed by atoms with E-state index in [1.165, 1.54) is 6.92 Å². The van der Waals surface area contributed by atoms with E-state index in [1.807, 2.05) is 0 Å². The van der Waals surface area contributed by atoms with E-state index in [9.17, 15) is 19.7 Å². The normalized spacial score (nSPS) is 9.83. The van der Waals surface area contributed by atoms with Crippen LogP contribution in [-0.2, 0) is 0 Å². The summed E-state index contributed by atoms with van der Waals surface area (Å²) in [5, 5.41) is 20.8. The van der Waals surface area contributed by atoms with Gasteiger partial charge < -0.3 is 5.21 Å². The fourth-order valence-corrected chi connectivity index (χ4v) is 0.746. The molecule has 0 fully saturated rings. The van der Waals surface area contributed by atoms with Crippen molar-refractivity contribution >= 4 is 5.69 Å². The quantitative estimate of drug-likeness (QED) is 0.270. The zero-order chi connectivity index (χ0) is 9.30. The van der Waals surface area contributed by atoms with Gasteiger partial charge in [-0.25, -0.2) is 0 Å². The van der Waals surface area contributed by atoms with E-state index >= 15 is 0 Å². The SMILES string of the molecule is Cc1c(F)c([N+](=O)[O-])cc[n+]1[O-]. The molecule has 0 N–H and O–H groups in total. The van der Waals surface area contributed by atoms with Crippen molar-refractivity contribution < 1.29 is 14.0 Å². The highest BCUT2D eigenvalue weighted by molar-refractivity contribution is 5.29. The van der Waals surface area contributed by atoms with Crippen molar-refractivity contribution in [2.45, 2.75) is 6.92 Å². The molecule has 0 saturated carbocycles. The third-order valence-electron chi connectivity index (χ3n) is 1.44. The van der Waals surface area contributed by atoms with Gasteiger partial charge in [0.1, 0.15) is 0 Å². The Balaban J connectivity index is 3.36. The van der Waals surface area contributed by atoms with Crippen molar-refractivity contribution in [3.63, 3.8) is 0 Å². The molecule has 1 aromatic rings. The molecule has 1 aromatic heterocycles. The second-order valence-corrected chi connectivity index (χ2v) is 2.18. The molecule has 0 bridgehead atoms. The molecule has 0 spiro atoms. The van der Waals surface area contributed by atoms with Crippen LogP contribution in [0.3, 0.4) is 0 Å². The molecule has 0 saturated heterocycles. The summed E-state index contributed by atoms with van der Waals surface area (Å²) in [6.45, 7) is 1.18. The molecule has 0 unspecified atom stereocenters. The maximum atomic E-state index is 12.9. The van der Waals surface area contributed by atoms with E-state index in [0.717, 1.165) is 12.3 Å². The lowest BCUT2D eigenvalue weighted by atomic mass is 10.3. The van der Waals surface area contributed by atoms with Gasteiger partial charge in [-0.15, -0.1) is 0 Å². The lowest BCUT2D eigenvalue weighted by Crippen LogP contribution is -2.30. The monoisotopic (exact) mass is 172 g/mol. The first kappa shape index (κ1) is 8.38. The lowest BCUT2D eigenvalue weighted by molar-refractivity contribution is -0.615. The summed E-state index contributed by atoms with van der Waals surface area (Å²) in [6.07, 6.45) is 0.899. The topological polar surface area (TPSA) is 70.1 Å². The van der Waals surface area contributed by atoms with Crippen molar-refractivity contribution in [2.24, 2.45) is 0 Å².